The van der Waals surface area contributed by atoms with Crippen molar-refractivity contribution in [2.45, 2.75) is 36.0 Å². The summed E-state index contributed by atoms with van der Waals surface area (Å²) in [6.07, 6.45) is 0.563. The summed E-state index contributed by atoms with van der Waals surface area (Å²) in [6, 6.07) is 6.19. The van der Waals surface area contributed by atoms with Crippen molar-refractivity contribution in [3.05, 3.63) is 29.3 Å². The van der Waals surface area contributed by atoms with Crippen LogP contribution in [0.2, 0.25) is 5.02 Å². The van der Waals surface area contributed by atoms with Gasteiger partial charge in [0.25, 0.3) is 0 Å². The maximum Gasteiger partial charge on any atom is 0.181 e. The van der Waals surface area contributed by atoms with Crippen LogP contribution in [0.1, 0.15) is 19.8 Å². The molecule has 3 unspecified atom stereocenters. The average molecular weight is 275 g/mol. The quantitative estimate of drug-likeness (QED) is 0.900. The van der Waals surface area contributed by atoms with Gasteiger partial charge < -0.3 is 5.11 Å². The summed E-state index contributed by atoms with van der Waals surface area (Å²) in [4.78, 5) is 0.285. The molecule has 1 fully saturated rings. The van der Waals surface area contributed by atoms with Gasteiger partial charge in [0, 0.05) is 5.02 Å². The fourth-order valence-corrected chi connectivity index (χ4v) is 4.53. The molecule has 3 atom stereocenters. The van der Waals surface area contributed by atoms with Crippen LogP contribution >= 0.6 is 11.6 Å². The van der Waals surface area contributed by atoms with Crippen molar-refractivity contribution >= 4 is 21.4 Å². The predicted octanol–water partition coefficient (Wildman–Crippen LogP) is 2.27. The van der Waals surface area contributed by atoms with E-state index in [0.29, 0.717) is 17.9 Å². The van der Waals surface area contributed by atoms with Crippen molar-refractivity contribution in [3.8, 4) is 0 Å². The van der Waals surface area contributed by atoms with E-state index in [2.05, 4.69) is 0 Å². The fourth-order valence-electron chi connectivity index (χ4n) is 2.35. The lowest BCUT2D eigenvalue weighted by atomic mass is 10.1. The van der Waals surface area contributed by atoms with Crippen LogP contribution < -0.4 is 0 Å². The molecule has 1 aliphatic carbocycles. The maximum absolute atomic E-state index is 12.3. The molecule has 2 rings (SSSR count). The van der Waals surface area contributed by atoms with E-state index in [1.807, 2.05) is 0 Å². The minimum absolute atomic E-state index is 0.212. The van der Waals surface area contributed by atoms with Crippen molar-refractivity contribution in [1.29, 1.82) is 0 Å². The number of rotatable bonds is 2. The summed E-state index contributed by atoms with van der Waals surface area (Å²) in [5, 5.41) is 9.67. The number of benzene rings is 1. The Hall–Kier alpha value is -0.580. The van der Waals surface area contributed by atoms with Gasteiger partial charge in [0.1, 0.15) is 0 Å². The molecule has 0 saturated heterocycles. The van der Waals surface area contributed by atoms with Crippen LogP contribution in [0.5, 0.6) is 0 Å². The highest BCUT2D eigenvalue weighted by Gasteiger charge is 2.40. The molecule has 0 spiro atoms. The van der Waals surface area contributed by atoms with Crippen molar-refractivity contribution in [2.24, 2.45) is 5.92 Å². The molecule has 0 aromatic heterocycles. The molecule has 0 heterocycles. The maximum atomic E-state index is 12.3. The summed E-state index contributed by atoms with van der Waals surface area (Å²) in [6.45, 7) is 1.79. The van der Waals surface area contributed by atoms with Gasteiger partial charge in [-0.25, -0.2) is 8.42 Å². The number of aliphatic hydroxyl groups is 1. The molecule has 17 heavy (non-hydrogen) atoms. The Balaban J connectivity index is 2.34. The fraction of sp³-hybridized carbons (Fsp3) is 0.500. The normalized spacial score (nSPS) is 29.5. The Kier molecular flexibility index (Phi) is 3.48. The topological polar surface area (TPSA) is 54.4 Å². The Labute approximate surface area is 106 Å². The van der Waals surface area contributed by atoms with E-state index in [-0.39, 0.29) is 10.8 Å². The highest BCUT2D eigenvalue weighted by Crippen LogP contribution is 2.34. The largest absolute Gasteiger partial charge is 0.393 e. The summed E-state index contributed by atoms with van der Waals surface area (Å²) < 4.78 is 24.7. The third kappa shape index (κ3) is 2.34. The first kappa shape index (κ1) is 12.9. The van der Waals surface area contributed by atoms with E-state index >= 15 is 0 Å². The van der Waals surface area contributed by atoms with Gasteiger partial charge in [0.15, 0.2) is 9.84 Å². The lowest BCUT2D eigenvalue weighted by Crippen LogP contribution is -2.27. The molecule has 1 aromatic rings. The minimum Gasteiger partial charge on any atom is -0.393 e. The second-order valence-corrected chi connectivity index (χ2v) is 7.14. The molecule has 3 nitrogen and oxygen atoms in total. The number of hydrogen-bond acceptors (Lipinski definition) is 3. The molecular formula is C12H15ClO3S. The van der Waals surface area contributed by atoms with Gasteiger partial charge in [0.05, 0.1) is 16.2 Å². The molecule has 94 valence electrons. The van der Waals surface area contributed by atoms with Crippen molar-refractivity contribution < 1.29 is 13.5 Å². The highest BCUT2D eigenvalue weighted by molar-refractivity contribution is 7.92. The third-order valence-corrected chi connectivity index (χ3v) is 6.12. The number of sulfone groups is 1. The third-order valence-electron chi connectivity index (χ3n) is 3.48. The second-order valence-electron chi connectivity index (χ2n) is 4.54. The minimum atomic E-state index is -3.36. The molecule has 0 aliphatic heterocycles. The van der Waals surface area contributed by atoms with Gasteiger partial charge in [-0.1, -0.05) is 18.5 Å². The SMILES string of the molecule is CC1C(O)CCC1S(=O)(=O)c1ccc(Cl)cc1. The van der Waals surface area contributed by atoms with Gasteiger partial charge in [-0.05, 0) is 43.0 Å². The molecule has 1 N–H and O–H groups in total. The van der Waals surface area contributed by atoms with Crippen LogP contribution in [-0.2, 0) is 9.84 Å². The average Bonchev–Trinajstić information content (AvgIpc) is 2.61. The van der Waals surface area contributed by atoms with Gasteiger partial charge in [-0.3, -0.25) is 0 Å². The standard InChI is InChI=1S/C12H15ClO3S/c1-8-11(14)6-7-12(8)17(15,16)10-4-2-9(13)3-5-10/h2-5,8,11-12,14H,6-7H2,1H3. The zero-order valence-electron chi connectivity index (χ0n) is 9.51. The summed E-state index contributed by atoms with van der Waals surface area (Å²) in [5.41, 5.74) is 0. The first-order chi connectivity index (χ1) is 7.93. The van der Waals surface area contributed by atoms with Gasteiger partial charge in [-0.15, -0.1) is 0 Å². The van der Waals surface area contributed by atoms with Crippen molar-refractivity contribution in [3.63, 3.8) is 0 Å². The van der Waals surface area contributed by atoms with Crippen LogP contribution in [0.4, 0.5) is 0 Å². The Morgan fingerprint density at radius 1 is 1.24 bits per heavy atom. The van der Waals surface area contributed by atoms with Crippen LogP contribution in [0.25, 0.3) is 0 Å². The molecule has 0 amide bonds. The molecule has 1 aliphatic rings. The lowest BCUT2D eigenvalue weighted by Gasteiger charge is -2.18. The van der Waals surface area contributed by atoms with Crippen LogP contribution in [0.3, 0.4) is 0 Å². The van der Waals surface area contributed by atoms with Crippen LogP contribution in [-0.4, -0.2) is 24.9 Å². The summed E-state index contributed by atoms with van der Waals surface area (Å²) in [5.74, 6) is -0.212. The van der Waals surface area contributed by atoms with E-state index in [4.69, 9.17) is 11.6 Å². The molecule has 1 aromatic carbocycles. The number of halogens is 1. The Bertz CT molecular complexity index is 495. The van der Waals surface area contributed by atoms with Gasteiger partial charge in [-0.2, -0.15) is 0 Å². The van der Waals surface area contributed by atoms with Crippen LogP contribution in [0, 0.1) is 5.92 Å². The van der Waals surface area contributed by atoms with E-state index in [9.17, 15) is 13.5 Å². The summed E-state index contributed by atoms with van der Waals surface area (Å²) >= 11 is 5.74. The molecule has 0 radical (unpaired) electrons. The molecule has 0 bridgehead atoms. The van der Waals surface area contributed by atoms with E-state index < -0.39 is 21.2 Å². The Morgan fingerprint density at radius 2 is 1.82 bits per heavy atom. The molecular weight excluding hydrogens is 260 g/mol. The van der Waals surface area contributed by atoms with Crippen molar-refractivity contribution in [2.75, 3.05) is 0 Å². The second kappa shape index (κ2) is 4.59. The molecule has 5 heteroatoms. The smallest absolute Gasteiger partial charge is 0.181 e. The summed E-state index contributed by atoms with van der Waals surface area (Å²) in [7, 11) is -3.36. The monoisotopic (exact) mass is 274 g/mol. The lowest BCUT2D eigenvalue weighted by molar-refractivity contribution is 0.142. The highest BCUT2D eigenvalue weighted by atomic mass is 35.5. The predicted molar refractivity (Wildman–Crippen MR) is 66.8 cm³/mol. The van der Waals surface area contributed by atoms with E-state index in [0.717, 1.165) is 0 Å². The van der Waals surface area contributed by atoms with Crippen molar-refractivity contribution in [1.82, 2.24) is 0 Å². The number of aliphatic hydroxyl groups excluding tert-OH is 1. The van der Waals surface area contributed by atoms with Gasteiger partial charge in [0.2, 0.25) is 0 Å². The zero-order chi connectivity index (χ0) is 12.6. The first-order valence-corrected chi connectivity index (χ1v) is 7.53. The first-order valence-electron chi connectivity index (χ1n) is 5.60. The van der Waals surface area contributed by atoms with E-state index in [1.165, 1.54) is 12.1 Å². The van der Waals surface area contributed by atoms with E-state index in [1.54, 1.807) is 19.1 Å². The number of hydrogen-bond donors (Lipinski definition) is 1. The van der Waals surface area contributed by atoms with Crippen LogP contribution in [0.15, 0.2) is 29.2 Å². The van der Waals surface area contributed by atoms with Gasteiger partial charge >= 0.3 is 0 Å². The zero-order valence-corrected chi connectivity index (χ0v) is 11.1. The molecule has 1 saturated carbocycles. The Morgan fingerprint density at radius 3 is 2.29 bits per heavy atom.